The van der Waals surface area contributed by atoms with Crippen molar-refractivity contribution in [3.8, 4) is 0 Å². The lowest BCUT2D eigenvalue weighted by atomic mass is 9.74. The molecule has 28 heavy (non-hydrogen) atoms. The van der Waals surface area contributed by atoms with Gasteiger partial charge in [0.2, 0.25) is 5.41 Å². The Morgan fingerprint density at radius 2 is 1.86 bits per heavy atom. The van der Waals surface area contributed by atoms with Gasteiger partial charge in [0.1, 0.15) is 0 Å². The van der Waals surface area contributed by atoms with Crippen molar-refractivity contribution in [1.82, 2.24) is 4.90 Å². The van der Waals surface area contributed by atoms with E-state index < -0.39 is 23.4 Å². The van der Waals surface area contributed by atoms with Gasteiger partial charge >= 0.3 is 11.9 Å². The zero-order chi connectivity index (χ0) is 20.5. The van der Waals surface area contributed by atoms with Crippen LogP contribution in [0.25, 0.3) is 10.8 Å². The lowest BCUT2D eigenvalue weighted by Crippen LogP contribution is -2.47. The van der Waals surface area contributed by atoms with Gasteiger partial charge in [-0.25, -0.2) is 0 Å². The van der Waals surface area contributed by atoms with Crippen LogP contribution in [-0.2, 0) is 19.1 Å². The van der Waals surface area contributed by atoms with Crippen LogP contribution in [0.5, 0.6) is 0 Å². The molecule has 1 aliphatic rings. The molecule has 0 N–H and O–H groups in total. The Bertz CT molecular complexity index is 952. The van der Waals surface area contributed by atoms with Crippen LogP contribution in [0, 0.1) is 8.99 Å². The van der Waals surface area contributed by atoms with Gasteiger partial charge in [-0.15, -0.1) is 6.58 Å². The minimum Gasteiger partial charge on any atom is -0.468 e. The second-order valence-electron chi connectivity index (χ2n) is 6.71. The summed E-state index contributed by atoms with van der Waals surface area (Å²) in [6.45, 7) is 8.74. The number of carbonyl (C=O) groups excluding carboxylic acids is 2. The Kier molecular flexibility index (Phi) is 5.90. The Balaban J connectivity index is 2.32. The highest BCUT2D eigenvalue weighted by Crippen LogP contribution is 2.52. The average Bonchev–Trinajstić information content (AvgIpc) is 3.00. The maximum atomic E-state index is 13.0. The van der Waals surface area contributed by atoms with E-state index in [4.69, 9.17) is 9.47 Å². The van der Waals surface area contributed by atoms with Crippen LogP contribution in [0.2, 0.25) is 0 Å². The molecule has 0 radical (unpaired) electrons. The van der Waals surface area contributed by atoms with Gasteiger partial charge in [0.25, 0.3) is 0 Å². The quantitative estimate of drug-likeness (QED) is 0.275. The van der Waals surface area contributed by atoms with Crippen LogP contribution in [0.1, 0.15) is 11.6 Å². The van der Waals surface area contributed by atoms with Gasteiger partial charge < -0.3 is 9.47 Å². The summed E-state index contributed by atoms with van der Waals surface area (Å²) in [7, 11) is 2.55. The molecular formula is C22H22INO4. The Morgan fingerprint density at radius 1 is 1.21 bits per heavy atom. The molecule has 0 saturated carbocycles. The topological polar surface area (TPSA) is 55.8 Å². The molecule has 5 nitrogen and oxygen atoms in total. The van der Waals surface area contributed by atoms with E-state index in [0.29, 0.717) is 18.7 Å². The molecular weight excluding hydrogens is 469 g/mol. The fraction of sp³-hybridized carbons (Fsp3) is 0.273. The monoisotopic (exact) mass is 491 g/mol. The van der Waals surface area contributed by atoms with E-state index in [0.717, 1.165) is 19.9 Å². The molecule has 1 aliphatic heterocycles. The van der Waals surface area contributed by atoms with Crippen molar-refractivity contribution in [3.05, 3.63) is 70.3 Å². The van der Waals surface area contributed by atoms with Gasteiger partial charge in [-0.1, -0.05) is 49.1 Å². The van der Waals surface area contributed by atoms with Gasteiger partial charge in [0.15, 0.2) is 0 Å². The van der Waals surface area contributed by atoms with E-state index in [1.165, 1.54) is 14.2 Å². The molecule has 1 saturated heterocycles. The van der Waals surface area contributed by atoms with Crippen LogP contribution in [0.15, 0.2) is 61.2 Å². The molecule has 1 atom stereocenters. The summed E-state index contributed by atoms with van der Waals surface area (Å²) >= 11 is 2.28. The van der Waals surface area contributed by atoms with Gasteiger partial charge in [-0.05, 0) is 44.5 Å². The number of fused-ring (bicyclic) bond motifs is 1. The first-order valence-electron chi connectivity index (χ1n) is 8.80. The standard InChI is InChI=1S/C22H22INO4/c1-5-12-24-13-14(2)22(20(25)27-3,21(26)28-4)19(24)17-11-10-15-8-6-7-9-16(15)18(17)23/h5-11,19H,1-2,12-13H2,3-4H3/t19-/m1/s1. The number of methoxy groups -OCH3 is 2. The highest BCUT2D eigenvalue weighted by atomic mass is 127. The maximum absolute atomic E-state index is 13.0. The minimum atomic E-state index is -1.63. The van der Waals surface area contributed by atoms with Gasteiger partial charge in [0.05, 0.1) is 20.3 Å². The number of hydrogen-bond acceptors (Lipinski definition) is 5. The van der Waals surface area contributed by atoms with E-state index in [-0.39, 0.29) is 0 Å². The molecule has 146 valence electrons. The highest BCUT2D eigenvalue weighted by molar-refractivity contribution is 14.1. The van der Waals surface area contributed by atoms with Crippen LogP contribution in [-0.4, -0.2) is 44.1 Å². The molecule has 0 bridgehead atoms. The Labute approximate surface area is 178 Å². The van der Waals surface area contributed by atoms with E-state index in [9.17, 15) is 9.59 Å². The van der Waals surface area contributed by atoms with Crippen molar-refractivity contribution < 1.29 is 19.1 Å². The molecule has 6 heteroatoms. The van der Waals surface area contributed by atoms with Crippen molar-refractivity contribution in [3.63, 3.8) is 0 Å². The molecule has 2 aromatic rings. The summed E-state index contributed by atoms with van der Waals surface area (Å²) in [5.41, 5.74) is -0.313. The first-order valence-corrected chi connectivity index (χ1v) is 9.88. The predicted octanol–water partition coefficient (Wildman–Crippen LogP) is 3.88. The fourth-order valence-electron chi connectivity index (χ4n) is 4.07. The number of ether oxygens (including phenoxy) is 2. The Hall–Kier alpha value is -2.19. The largest absolute Gasteiger partial charge is 0.468 e. The zero-order valence-electron chi connectivity index (χ0n) is 15.9. The molecule has 3 rings (SSSR count). The SMILES string of the molecule is C=CCN1CC(=C)C(C(=O)OC)(C(=O)OC)[C@H]1c1ccc2ccccc2c1I. The number of hydrogen-bond donors (Lipinski definition) is 0. The van der Waals surface area contributed by atoms with Gasteiger partial charge in [-0.3, -0.25) is 14.5 Å². The van der Waals surface area contributed by atoms with E-state index >= 15 is 0 Å². The third kappa shape index (κ3) is 2.95. The van der Waals surface area contributed by atoms with Gasteiger partial charge in [-0.2, -0.15) is 0 Å². The third-order valence-electron chi connectivity index (χ3n) is 5.29. The van der Waals surface area contributed by atoms with E-state index in [1.807, 2.05) is 41.3 Å². The van der Waals surface area contributed by atoms with E-state index in [2.05, 4.69) is 35.7 Å². The lowest BCUT2D eigenvalue weighted by molar-refractivity contribution is -0.168. The van der Waals surface area contributed by atoms with Crippen molar-refractivity contribution in [2.75, 3.05) is 27.3 Å². The van der Waals surface area contributed by atoms with Crippen LogP contribution < -0.4 is 0 Å². The molecule has 1 heterocycles. The van der Waals surface area contributed by atoms with Crippen molar-refractivity contribution in [1.29, 1.82) is 0 Å². The molecule has 1 fully saturated rings. The summed E-state index contributed by atoms with van der Waals surface area (Å²) < 4.78 is 11.1. The number of halogens is 1. The third-order valence-corrected chi connectivity index (χ3v) is 6.50. The second kappa shape index (κ2) is 8.05. The number of esters is 2. The molecule has 0 spiro atoms. The number of benzene rings is 2. The number of carbonyl (C=O) groups is 2. The van der Waals surface area contributed by atoms with Crippen molar-refractivity contribution >= 4 is 45.3 Å². The highest BCUT2D eigenvalue weighted by Gasteiger charge is 2.63. The van der Waals surface area contributed by atoms with E-state index in [1.54, 1.807) is 6.08 Å². The smallest absolute Gasteiger partial charge is 0.329 e. The first kappa shape index (κ1) is 20.5. The summed E-state index contributed by atoms with van der Waals surface area (Å²) in [6, 6.07) is 11.4. The number of rotatable bonds is 5. The summed E-state index contributed by atoms with van der Waals surface area (Å²) in [5.74, 6) is -1.32. The second-order valence-corrected chi connectivity index (χ2v) is 7.78. The summed E-state index contributed by atoms with van der Waals surface area (Å²) in [6.07, 6.45) is 1.75. The van der Waals surface area contributed by atoms with Crippen molar-refractivity contribution in [2.24, 2.45) is 5.41 Å². The molecule has 0 aromatic heterocycles. The van der Waals surface area contributed by atoms with Crippen LogP contribution in [0.4, 0.5) is 0 Å². The zero-order valence-corrected chi connectivity index (χ0v) is 18.1. The fourth-order valence-corrected chi connectivity index (χ4v) is 5.04. The maximum Gasteiger partial charge on any atom is 0.329 e. The molecule has 0 aliphatic carbocycles. The average molecular weight is 491 g/mol. The first-order chi connectivity index (χ1) is 13.4. The molecule has 0 amide bonds. The Morgan fingerprint density at radius 3 is 2.46 bits per heavy atom. The summed E-state index contributed by atoms with van der Waals surface area (Å²) in [5, 5.41) is 2.14. The summed E-state index contributed by atoms with van der Waals surface area (Å²) in [4.78, 5) is 28.0. The number of nitrogens with zero attached hydrogens (tertiary/aromatic N) is 1. The number of likely N-dealkylation sites (tertiary alicyclic amines) is 1. The van der Waals surface area contributed by atoms with Gasteiger partial charge in [0, 0.05) is 16.7 Å². The lowest BCUT2D eigenvalue weighted by Gasteiger charge is -2.34. The van der Waals surface area contributed by atoms with Crippen molar-refractivity contribution in [2.45, 2.75) is 6.04 Å². The van der Waals surface area contributed by atoms with Crippen LogP contribution >= 0.6 is 22.6 Å². The predicted molar refractivity (Wildman–Crippen MR) is 117 cm³/mol. The minimum absolute atomic E-state index is 0.365. The molecule has 2 aromatic carbocycles. The van der Waals surface area contributed by atoms with Crippen LogP contribution in [0.3, 0.4) is 0 Å². The normalized spacial score (nSPS) is 18.8. The molecule has 0 unspecified atom stereocenters.